The molecule has 0 saturated heterocycles. The molecule has 4 bridgehead atoms. The van der Waals surface area contributed by atoms with Gasteiger partial charge in [0.05, 0.1) is 11.1 Å². The molecule has 5 rings (SSSR count). The Bertz CT molecular complexity index is 433. The van der Waals surface area contributed by atoms with E-state index in [2.05, 4.69) is 52.0 Å². The van der Waals surface area contributed by atoms with Crippen molar-refractivity contribution in [1.29, 1.82) is 0 Å². The Balaban J connectivity index is 1.99. The third kappa shape index (κ3) is 0.765. The first-order valence-electron chi connectivity index (χ1n) is 6.72. The molecule has 4 atom stereocenters. The molecule has 2 heteroatoms. The van der Waals surface area contributed by atoms with E-state index in [1.807, 2.05) is 0 Å². The SMILES string of the molecule is CC1(C)[C@@]2(C)N=N[C@]1(C)[C@@H]1C3C=CC(C=C3)[C@@H]12. The lowest BCUT2D eigenvalue weighted by molar-refractivity contribution is 0.138. The molecule has 0 aromatic heterocycles. The Morgan fingerprint density at radius 1 is 0.706 bits per heavy atom. The van der Waals surface area contributed by atoms with Gasteiger partial charge in [-0.25, -0.2) is 0 Å². The van der Waals surface area contributed by atoms with Crippen LogP contribution in [0.3, 0.4) is 0 Å². The van der Waals surface area contributed by atoms with Gasteiger partial charge in [-0.3, -0.25) is 0 Å². The lowest BCUT2D eigenvalue weighted by Gasteiger charge is -2.46. The van der Waals surface area contributed by atoms with Crippen LogP contribution in [-0.4, -0.2) is 11.1 Å². The number of allylic oxidation sites excluding steroid dienone is 4. The zero-order chi connectivity index (χ0) is 12.1. The molecule has 0 N–H and O–H groups in total. The summed E-state index contributed by atoms with van der Waals surface area (Å²) in [7, 11) is 0. The summed E-state index contributed by atoms with van der Waals surface area (Å²) in [5.74, 6) is 2.46. The van der Waals surface area contributed by atoms with Gasteiger partial charge in [-0.1, -0.05) is 38.2 Å². The highest BCUT2D eigenvalue weighted by molar-refractivity contribution is 5.37. The summed E-state index contributed by atoms with van der Waals surface area (Å²) >= 11 is 0. The molecule has 0 radical (unpaired) electrons. The maximum absolute atomic E-state index is 4.72. The van der Waals surface area contributed by atoms with Gasteiger partial charge < -0.3 is 0 Å². The average molecular weight is 228 g/mol. The van der Waals surface area contributed by atoms with E-state index in [0.717, 1.165) is 0 Å². The van der Waals surface area contributed by atoms with Gasteiger partial charge in [0.1, 0.15) is 0 Å². The van der Waals surface area contributed by atoms with Crippen molar-refractivity contribution in [3.8, 4) is 0 Å². The third-order valence-electron chi connectivity index (χ3n) is 6.62. The molecule has 0 aromatic rings. The fraction of sp³-hybridized carbons (Fsp3) is 0.733. The summed E-state index contributed by atoms with van der Waals surface area (Å²) < 4.78 is 0. The molecule has 1 heterocycles. The average Bonchev–Trinajstić information content (AvgIpc) is 2.60. The number of azo groups is 1. The molecule has 4 aliphatic carbocycles. The number of rotatable bonds is 0. The molecule has 0 unspecified atom stereocenters. The first kappa shape index (κ1) is 10.0. The fourth-order valence-electron chi connectivity index (χ4n) is 4.98. The smallest absolute Gasteiger partial charge is 0.0903 e. The van der Waals surface area contributed by atoms with E-state index in [0.29, 0.717) is 23.7 Å². The van der Waals surface area contributed by atoms with Crippen molar-refractivity contribution in [2.75, 3.05) is 0 Å². The second-order valence-electron chi connectivity index (χ2n) is 7.10. The molecule has 90 valence electrons. The van der Waals surface area contributed by atoms with Crippen LogP contribution < -0.4 is 0 Å². The topological polar surface area (TPSA) is 24.7 Å². The van der Waals surface area contributed by atoms with Crippen molar-refractivity contribution in [2.45, 2.75) is 38.8 Å². The first-order valence-corrected chi connectivity index (χ1v) is 6.72. The van der Waals surface area contributed by atoms with Crippen LogP contribution in [0.2, 0.25) is 0 Å². The summed E-state index contributed by atoms with van der Waals surface area (Å²) in [6.07, 6.45) is 9.58. The minimum absolute atomic E-state index is 0.0187. The lowest BCUT2D eigenvalue weighted by atomic mass is 9.61. The Morgan fingerprint density at radius 3 is 1.41 bits per heavy atom. The van der Waals surface area contributed by atoms with Crippen LogP contribution in [0.4, 0.5) is 0 Å². The van der Waals surface area contributed by atoms with E-state index in [1.54, 1.807) is 0 Å². The standard InChI is InChI=1S/C15H20N2/c1-13(2)14(3)11-9-5-7-10(8-6-9)12(11)15(13,4)17-16-14/h5-12H,1-4H3/t9?,10?,11-,12+,14-,15+. The quantitative estimate of drug-likeness (QED) is 0.566. The van der Waals surface area contributed by atoms with Crippen molar-refractivity contribution < 1.29 is 0 Å². The van der Waals surface area contributed by atoms with E-state index in [-0.39, 0.29) is 16.5 Å². The van der Waals surface area contributed by atoms with Crippen LogP contribution in [-0.2, 0) is 0 Å². The molecule has 0 amide bonds. The summed E-state index contributed by atoms with van der Waals surface area (Å²) in [5, 5.41) is 9.44. The second kappa shape index (κ2) is 2.43. The molecule has 0 aromatic carbocycles. The first-order chi connectivity index (χ1) is 7.92. The normalized spacial score (nSPS) is 60.0. The number of hydrogen-bond acceptors (Lipinski definition) is 2. The van der Waals surface area contributed by atoms with Crippen molar-refractivity contribution in [1.82, 2.24) is 0 Å². The van der Waals surface area contributed by atoms with Crippen LogP contribution >= 0.6 is 0 Å². The largest absolute Gasteiger partial charge is 0.186 e. The highest BCUT2D eigenvalue weighted by Crippen LogP contribution is 2.71. The van der Waals surface area contributed by atoms with Crippen LogP contribution in [0.15, 0.2) is 34.5 Å². The Kier molecular flexibility index (Phi) is 1.44. The van der Waals surface area contributed by atoms with Crippen LogP contribution in [0, 0.1) is 29.1 Å². The van der Waals surface area contributed by atoms with E-state index in [1.165, 1.54) is 0 Å². The van der Waals surface area contributed by atoms with Crippen LogP contribution in [0.25, 0.3) is 0 Å². The summed E-state index contributed by atoms with van der Waals surface area (Å²) in [4.78, 5) is 0. The van der Waals surface area contributed by atoms with Crippen LogP contribution in [0.1, 0.15) is 27.7 Å². The van der Waals surface area contributed by atoms with Gasteiger partial charge in [-0.05, 0) is 13.8 Å². The molecule has 1 aliphatic heterocycles. The number of hydrogen-bond donors (Lipinski definition) is 0. The molecule has 5 aliphatic rings. The minimum atomic E-state index is 0.0187. The number of nitrogens with zero attached hydrogens (tertiary/aromatic N) is 2. The third-order valence-corrected chi connectivity index (χ3v) is 6.62. The second-order valence-corrected chi connectivity index (χ2v) is 7.10. The van der Waals surface area contributed by atoms with Crippen molar-refractivity contribution in [2.24, 2.45) is 39.3 Å². The van der Waals surface area contributed by atoms with Gasteiger partial charge in [0, 0.05) is 29.1 Å². The van der Waals surface area contributed by atoms with Crippen molar-refractivity contribution >= 4 is 0 Å². The molecule has 17 heavy (non-hydrogen) atoms. The van der Waals surface area contributed by atoms with E-state index >= 15 is 0 Å². The Labute approximate surface area is 103 Å². The zero-order valence-electron chi connectivity index (χ0n) is 11.0. The summed E-state index contributed by atoms with van der Waals surface area (Å²) in [6.45, 7) is 9.39. The monoisotopic (exact) mass is 228 g/mol. The van der Waals surface area contributed by atoms with Crippen molar-refractivity contribution in [3.05, 3.63) is 24.3 Å². The van der Waals surface area contributed by atoms with E-state index in [9.17, 15) is 0 Å². The predicted octanol–water partition coefficient (Wildman–Crippen LogP) is 3.61. The van der Waals surface area contributed by atoms with E-state index < -0.39 is 0 Å². The minimum Gasteiger partial charge on any atom is -0.186 e. The zero-order valence-corrected chi connectivity index (χ0v) is 11.0. The molecule has 0 spiro atoms. The summed E-state index contributed by atoms with van der Waals surface area (Å²) in [6, 6.07) is 0. The summed E-state index contributed by atoms with van der Waals surface area (Å²) in [5.41, 5.74) is 0.208. The van der Waals surface area contributed by atoms with Gasteiger partial charge >= 0.3 is 0 Å². The van der Waals surface area contributed by atoms with Gasteiger partial charge in [0.25, 0.3) is 0 Å². The van der Waals surface area contributed by atoms with Crippen molar-refractivity contribution in [3.63, 3.8) is 0 Å². The Morgan fingerprint density at radius 2 is 1.06 bits per heavy atom. The van der Waals surface area contributed by atoms with E-state index in [4.69, 9.17) is 10.2 Å². The molecular weight excluding hydrogens is 208 g/mol. The van der Waals surface area contributed by atoms with Crippen LogP contribution in [0.5, 0.6) is 0 Å². The van der Waals surface area contributed by atoms with Gasteiger partial charge in [-0.2, -0.15) is 10.2 Å². The maximum atomic E-state index is 4.72. The molecule has 2 nitrogen and oxygen atoms in total. The highest BCUT2D eigenvalue weighted by atomic mass is 15.3. The molecular formula is C15H20N2. The van der Waals surface area contributed by atoms with Gasteiger partial charge in [0.15, 0.2) is 0 Å². The van der Waals surface area contributed by atoms with Gasteiger partial charge in [0.2, 0.25) is 0 Å². The molecule has 1 saturated carbocycles. The Hall–Kier alpha value is -0.920. The number of fused-ring (bicyclic) bond motifs is 2. The highest BCUT2D eigenvalue weighted by Gasteiger charge is 2.75. The maximum Gasteiger partial charge on any atom is 0.0903 e. The molecule has 1 fully saturated rings. The lowest BCUT2D eigenvalue weighted by Crippen LogP contribution is -2.45. The van der Waals surface area contributed by atoms with Gasteiger partial charge in [-0.15, -0.1) is 0 Å². The fourth-order valence-corrected chi connectivity index (χ4v) is 4.98. The predicted molar refractivity (Wildman–Crippen MR) is 67.7 cm³/mol.